The number of carbonyl (C=O) groups excluding carboxylic acids is 2. The number of hydrogen-bond acceptors (Lipinski definition) is 4. The third-order valence-corrected chi connectivity index (χ3v) is 4.38. The highest BCUT2D eigenvalue weighted by Crippen LogP contribution is 2.18. The molecule has 6 heteroatoms. The fourth-order valence-electron chi connectivity index (χ4n) is 2.77. The summed E-state index contributed by atoms with van der Waals surface area (Å²) in [5.41, 5.74) is 0.842. The van der Waals surface area contributed by atoms with Crippen LogP contribution in [0.25, 0.3) is 0 Å². The lowest BCUT2D eigenvalue weighted by molar-refractivity contribution is 0.0697. The molecule has 0 aromatic carbocycles. The van der Waals surface area contributed by atoms with Crippen molar-refractivity contribution in [3.63, 3.8) is 0 Å². The van der Waals surface area contributed by atoms with E-state index in [9.17, 15) is 9.59 Å². The van der Waals surface area contributed by atoms with Gasteiger partial charge in [0.15, 0.2) is 0 Å². The van der Waals surface area contributed by atoms with E-state index in [0.717, 1.165) is 38.9 Å². The van der Waals surface area contributed by atoms with Gasteiger partial charge >= 0.3 is 0 Å². The molecule has 1 saturated heterocycles. The molecule has 0 unspecified atom stereocenters. The molecule has 0 saturated carbocycles. The van der Waals surface area contributed by atoms with Crippen molar-refractivity contribution >= 4 is 11.8 Å². The Morgan fingerprint density at radius 2 is 2.04 bits per heavy atom. The number of amides is 2. The second-order valence-electron chi connectivity index (χ2n) is 6.82. The zero-order chi connectivity index (χ0) is 17.5. The molecule has 1 N–H and O–H groups in total. The molecule has 0 spiro atoms. The number of likely N-dealkylation sites (tertiary alicyclic amines) is 1. The Balaban J connectivity index is 1.93. The van der Waals surface area contributed by atoms with Crippen LogP contribution in [0.2, 0.25) is 0 Å². The Labute approximate surface area is 144 Å². The number of carbonyl (C=O) groups is 2. The summed E-state index contributed by atoms with van der Waals surface area (Å²) in [6.45, 7) is 5.30. The summed E-state index contributed by atoms with van der Waals surface area (Å²) in [7, 11) is 4.00. The predicted molar refractivity (Wildman–Crippen MR) is 94.0 cm³/mol. The molecule has 1 aliphatic heterocycles. The first-order valence-electron chi connectivity index (χ1n) is 8.65. The normalized spacial score (nSPS) is 15.6. The predicted octanol–water partition coefficient (Wildman–Crippen LogP) is 1.64. The van der Waals surface area contributed by atoms with Crippen LogP contribution in [0.15, 0.2) is 18.3 Å². The summed E-state index contributed by atoms with van der Waals surface area (Å²) in [5.74, 6) is 0.441. The zero-order valence-corrected chi connectivity index (χ0v) is 14.9. The van der Waals surface area contributed by atoms with E-state index in [1.54, 1.807) is 12.1 Å². The van der Waals surface area contributed by atoms with E-state index < -0.39 is 0 Å². The first-order valence-corrected chi connectivity index (χ1v) is 8.65. The van der Waals surface area contributed by atoms with Gasteiger partial charge in [-0.15, -0.1) is 0 Å². The van der Waals surface area contributed by atoms with Gasteiger partial charge in [0, 0.05) is 31.4 Å². The maximum absolute atomic E-state index is 12.6. The van der Waals surface area contributed by atoms with Crippen molar-refractivity contribution in [2.24, 2.45) is 5.92 Å². The second kappa shape index (κ2) is 8.78. The molecule has 1 aromatic heterocycles. The largest absolute Gasteiger partial charge is 0.351 e. The molecule has 0 radical (unpaired) electrons. The fraction of sp³-hybridized carbons (Fsp3) is 0.611. The van der Waals surface area contributed by atoms with Crippen molar-refractivity contribution in [3.8, 4) is 0 Å². The Hall–Kier alpha value is -1.95. The number of nitrogens with zero attached hydrogens (tertiary/aromatic N) is 3. The second-order valence-corrected chi connectivity index (χ2v) is 6.82. The molecule has 1 aliphatic rings. The van der Waals surface area contributed by atoms with Crippen molar-refractivity contribution < 1.29 is 9.59 Å². The number of pyridine rings is 1. The lowest BCUT2D eigenvalue weighted by Crippen LogP contribution is -2.38. The average Bonchev–Trinajstić information content (AvgIpc) is 2.58. The number of aromatic nitrogens is 1. The third-order valence-electron chi connectivity index (χ3n) is 4.38. The van der Waals surface area contributed by atoms with E-state index in [-0.39, 0.29) is 11.8 Å². The lowest BCUT2D eigenvalue weighted by Gasteiger charge is -2.30. The molecule has 1 aromatic rings. The van der Waals surface area contributed by atoms with Gasteiger partial charge in [0.1, 0.15) is 5.69 Å². The highest BCUT2D eigenvalue weighted by Gasteiger charge is 2.22. The van der Waals surface area contributed by atoms with Crippen LogP contribution in [-0.2, 0) is 0 Å². The van der Waals surface area contributed by atoms with Crippen LogP contribution in [0.1, 0.15) is 47.0 Å². The van der Waals surface area contributed by atoms with Gasteiger partial charge in [0.05, 0.1) is 0 Å². The van der Waals surface area contributed by atoms with Crippen LogP contribution in [0.4, 0.5) is 0 Å². The minimum atomic E-state index is -0.226. The molecule has 2 rings (SSSR count). The van der Waals surface area contributed by atoms with Crippen LogP contribution in [0, 0.1) is 5.92 Å². The van der Waals surface area contributed by atoms with Crippen molar-refractivity contribution in [1.29, 1.82) is 0 Å². The van der Waals surface area contributed by atoms with E-state index >= 15 is 0 Å². The molecule has 2 heterocycles. The van der Waals surface area contributed by atoms with Gasteiger partial charge < -0.3 is 15.1 Å². The number of hydrogen-bond donors (Lipinski definition) is 1. The van der Waals surface area contributed by atoms with Crippen LogP contribution >= 0.6 is 0 Å². The van der Waals surface area contributed by atoms with Gasteiger partial charge in [-0.2, -0.15) is 0 Å². The lowest BCUT2D eigenvalue weighted by atomic mass is 9.98. The molecule has 2 amide bonds. The van der Waals surface area contributed by atoms with Gasteiger partial charge in [-0.25, -0.2) is 0 Å². The van der Waals surface area contributed by atoms with Crippen LogP contribution < -0.4 is 5.32 Å². The van der Waals surface area contributed by atoms with Gasteiger partial charge in [0.2, 0.25) is 0 Å². The molecule has 0 atom stereocenters. The highest BCUT2D eigenvalue weighted by molar-refractivity contribution is 5.98. The SMILES string of the molecule is CC1CCN(C(=O)c2ccnc(C(=O)NCCCN(C)C)c2)CC1. The Morgan fingerprint density at radius 1 is 1.33 bits per heavy atom. The molecule has 1 fully saturated rings. The minimum absolute atomic E-state index is 0.00837. The van der Waals surface area contributed by atoms with E-state index in [1.165, 1.54) is 6.20 Å². The number of nitrogens with one attached hydrogen (secondary N) is 1. The zero-order valence-electron chi connectivity index (χ0n) is 14.9. The average molecular weight is 332 g/mol. The highest BCUT2D eigenvalue weighted by atomic mass is 16.2. The quantitative estimate of drug-likeness (QED) is 0.804. The first kappa shape index (κ1) is 18.4. The Morgan fingerprint density at radius 3 is 2.71 bits per heavy atom. The maximum atomic E-state index is 12.6. The fourth-order valence-corrected chi connectivity index (χ4v) is 2.77. The molecule has 24 heavy (non-hydrogen) atoms. The molecule has 0 bridgehead atoms. The van der Waals surface area contributed by atoms with Gasteiger partial charge in [-0.3, -0.25) is 14.6 Å². The number of piperidine rings is 1. The summed E-state index contributed by atoms with van der Waals surface area (Å²) in [5, 5.41) is 2.85. The van der Waals surface area contributed by atoms with Gasteiger partial charge in [-0.1, -0.05) is 6.92 Å². The third kappa shape index (κ3) is 5.30. The van der Waals surface area contributed by atoms with Crippen LogP contribution in [0.5, 0.6) is 0 Å². The number of rotatable bonds is 6. The smallest absolute Gasteiger partial charge is 0.269 e. The van der Waals surface area contributed by atoms with Crippen LogP contribution in [0.3, 0.4) is 0 Å². The summed E-state index contributed by atoms with van der Waals surface area (Å²) in [6, 6.07) is 3.28. The molecular weight excluding hydrogens is 304 g/mol. The van der Waals surface area contributed by atoms with Crippen molar-refractivity contribution in [2.75, 3.05) is 40.3 Å². The minimum Gasteiger partial charge on any atom is -0.351 e. The van der Waals surface area contributed by atoms with E-state index in [4.69, 9.17) is 0 Å². The van der Waals surface area contributed by atoms with E-state index in [1.807, 2.05) is 19.0 Å². The molecular formula is C18H28N4O2. The topological polar surface area (TPSA) is 65.5 Å². The summed E-state index contributed by atoms with van der Waals surface area (Å²) < 4.78 is 0. The first-order chi connectivity index (χ1) is 11.5. The standard InChI is InChI=1S/C18H28N4O2/c1-14-6-11-22(12-7-14)18(24)15-5-9-19-16(13-15)17(23)20-8-4-10-21(2)3/h5,9,13-14H,4,6-8,10-12H2,1-3H3,(H,20,23). The molecule has 0 aliphatic carbocycles. The van der Waals surface area contributed by atoms with Gasteiger partial charge in [-0.05, 0) is 58.0 Å². The Bertz CT molecular complexity index is 566. The van der Waals surface area contributed by atoms with Crippen molar-refractivity contribution in [2.45, 2.75) is 26.2 Å². The van der Waals surface area contributed by atoms with Crippen molar-refractivity contribution in [1.82, 2.24) is 20.1 Å². The summed E-state index contributed by atoms with van der Waals surface area (Å²) >= 11 is 0. The van der Waals surface area contributed by atoms with E-state index in [0.29, 0.717) is 23.7 Å². The maximum Gasteiger partial charge on any atom is 0.269 e. The monoisotopic (exact) mass is 332 g/mol. The van der Waals surface area contributed by atoms with Crippen LogP contribution in [-0.4, -0.2) is 66.9 Å². The molecule has 132 valence electrons. The van der Waals surface area contributed by atoms with Gasteiger partial charge in [0.25, 0.3) is 11.8 Å². The van der Waals surface area contributed by atoms with E-state index in [2.05, 4.69) is 22.1 Å². The Kier molecular flexibility index (Phi) is 6.73. The van der Waals surface area contributed by atoms with Crippen molar-refractivity contribution in [3.05, 3.63) is 29.6 Å². The molecule has 6 nitrogen and oxygen atoms in total. The summed E-state index contributed by atoms with van der Waals surface area (Å²) in [6.07, 6.45) is 4.49. The summed E-state index contributed by atoms with van der Waals surface area (Å²) in [4.78, 5) is 32.8.